The molecule has 1 heterocycles. The van der Waals surface area contributed by atoms with Crippen molar-refractivity contribution in [3.05, 3.63) is 24.3 Å². The number of benzene rings is 1. The molecule has 0 spiro atoms. The Morgan fingerprint density at radius 1 is 1.39 bits per heavy atom. The van der Waals surface area contributed by atoms with Gasteiger partial charge in [-0.2, -0.15) is 0 Å². The lowest BCUT2D eigenvalue weighted by Crippen LogP contribution is -2.35. The van der Waals surface area contributed by atoms with Gasteiger partial charge in [0.15, 0.2) is 0 Å². The molecule has 1 aromatic carbocycles. The van der Waals surface area contributed by atoms with Crippen molar-refractivity contribution in [1.29, 1.82) is 0 Å². The maximum atomic E-state index is 12.3. The quantitative estimate of drug-likeness (QED) is 0.642. The summed E-state index contributed by atoms with van der Waals surface area (Å²) >= 11 is 1.32. The van der Waals surface area contributed by atoms with Gasteiger partial charge in [0.05, 0.1) is 18.0 Å². The normalized spacial score (nSPS) is 21.3. The highest BCUT2D eigenvalue weighted by Gasteiger charge is 2.33. The summed E-state index contributed by atoms with van der Waals surface area (Å²) in [7, 11) is 0. The Hall–Kier alpha value is -1.57. The number of para-hydroxylation sites is 1. The number of rotatable bonds is 7. The van der Waals surface area contributed by atoms with Gasteiger partial charge in [-0.25, -0.2) is 0 Å². The monoisotopic (exact) mass is 336 g/mol. The molecule has 2 amide bonds. The maximum Gasteiger partial charge on any atom is 0.238 e. The van der Waals surface area contributed by atoms with Crippen molar-refractivity contribution in [2.24, 2.45) is 16.9 Å². The van der Waals surface area contributed by atoms with Crippen LogP contribution >= 0.6 is 11.8 Å². The van der Waals surface area contributed by atoms with Gasteiger partial charge in [0.1, 0.15) is 0 Å². The first kappa shape index (κ1) is 17.8. The molecule has 1 fully saturated rings. The second-order valence-corrected chi connectivity index (χ2v) is 7.29. The summed E-state index contributed by atoms with van der Waals surface area (Å²) in [5.74, 6) is -0.249. The third kappa shape index (κ3) is 5.23. The summed E-state index contributed by atoms with van der Waals surface area (Å²) < 4.78 is 0. The van der Waals surface area contributed by atoms with Crippen LogP contribution in [0.2, 0.25) is 0 Å². The molecular formula is C16H24N4O2S. The molecule has 23 heavy (non-hydrogen) atoms. The molecule has 0 saturated carbocycles. The van der Waals surface area contributed by atoms with E-state index in [1.165, 1.54) is 11.8 Å². The Balaban J connectivity index is 1.92. The van der Waals surface area contributed by atoms with Gasteiger partial charge in [-0.3, -0.25) is 14.5 Å². The van der Waals surface area contributed by atoms with E-state index < -0.39 is 0 Å². The fourth-order valence-corrected chi connectivity index (χ4v) is 3.41. The molecule has 1 unspecified atom stereocenters. The van der Waals surface area contributed by atoms with Crippen LogP contribution < -0.4 is 16.8 Å². The number of nitrogens with two attached hydrogens (primary N) is 2. The van der Waals surface area contributed by atoms with Gasteiger partial charge < -0.3 is 16.8 Å². The lowest BCUT2D eigenvalue weighted by Gasteiger charge is -2.22. The number of nitrogens with zero attached hydrogens (tertiary/aromatic N) is 1. The Morgan fingerprint density at radius 2 is 2.13 bits per heavy atom. The predicted octanol–water partition coefficient (Wildman–Crippen LogP) is 0.873. The Kier molecular flexibility index (Phi) is 6.04. The van der Waals surface area contributed by atoms with E-state index in [9.17, 15) is 9.59 Å². The summed E-state index contributed by atoms with van der Waals surface area (Å²) in [6.07, 6.45) is 1.02. The van der Waals surface area contributed by atoms with Crippen molar-refractivity contribution < 1.29 is 9.59 Å². The van der Waals surface area contributed by atoms with Gasteiger partial charge in [0.25, 0.3) is 0 Å². The van der Waals surface area contributed by atoms with Crippen molar-refractivity contribution in [3.8, 4) is 0 Å². The topological polar surface area (TPSA) is 101 Å². The summed E-state index contributed by atoms with van der Waals surface area (Å²) in [6, 6.07) is 7.41. The minimum absolute atomic E-state index is 0.0570. The smallest absolute Gasteiger partial charge is 0.238 e. The molecule has 1 aromatic rings. The fourth-order valence-electron chi connectivity index (χ4n) is 2.67. The van der Waals surface area contributed by atoms with Gasteiger partial charge in [-0.15, -0.1) is 11.8 Å². The SMILES string of the molecule is CC1(CN)CCN(CC(=O)Nc2ccccc2SCC(N)=O)C1. The third-order valence-corrected chi connectivity index (χ3v) is 5.12. The standard InChI is InChI=1S/C16H24N4O2S/c1-16(10-17)6-7-20(11-16)8-15(22)19-12-4-2-3-5-13(12)23-9-14(18)21/h2-5H,6-11,17H2,1H3,(H2,18,21)(H,19,22). The number of likely N-dealkylation sites (tertiary alicyclic amines) is 1. The highest BCUT2D eigenvalue weighted by Crippen LogP contribution is 2.29. The fraction of sp³-hybridized carbons (Fsp3) is 0.500. The highest BCUT2D eigenvalue weighted by atomic mass is 32.2. The predicted molar refractivity (Wildman–Crippen MR) is 93.2 cm³/mol. The van der Waals surface area contributed by atoms with E-state index in [0.29, 0.717) is 18.8 Å². The average Bonchev–Trinajstić information content (AvgIpc) is 2.88. The van der Waals surface area contributed by atoms with Crippen LogP contribution in [-0.4, -0.2) is 48.6 Å². The van der Waals surface area contributed by atoms with E-state index in [1.54, 1.807) is 0 Å². The number of primary amides is 1. The summed E-state index contributed by atoms with van der Waals surface area (Å²) in [5.41, 5.74) is 11.8. The van der Waals surface area contributed by atoms with Gasteiger partial charge in [-0.05, 0) is 37.1 Å². The van der Waals surface area contributed by atoms with Crippen molar-refractivity contribution in [1.82, 2.24) is 4.90 Å². The van der Waals surface area contributed by atoms with Crippen LogP contribution in [0.1, 0.15) is 13.3 Å². The lowest BCUT2D eigenvalue weighted by atomic mass is 9.90. The molecule has 2 rings (SSSR count). The van der Waals surface area contributed by atoms with E-state index in [-0.39, 0.29) is 23.0 Å². The van der Waals surface area contributed by atoms with E-state index >= 15 is 0 Å². The zero-order valence-corrected chi connectivity index (χ0v) is 14.2. The number of hydrogen-bond donors (Lipinski definition) is 3. The first-order valence-corrected chi connectivity index (χ1v) is 8.63. The van der Waals surface area contributed by atoms with E-state index in [4.69, 9.17) is 11.5 Å². The van der Waals surface area contributed by atoms with E-state index in [2.05, 4.69) is 17.1 Å². The van der Waals surface area contributed by atoms with E-state index in [1.807, 2.05) is 24.3 Å². The largest absolute Gasteiger partial charge is 0.369 e. The second kappa shape index (κ2) is 7.81. The van der Waals surface area contributed by atoms with Crippen LogP contribution in [0.25, 0.3) is 0 Å². The molecule has 7 heteroatoms. The Morgan fingerprint density at radius 3 is 2.78 bits per heavy atom. The molecule has 0 aliphatic carbocycles. The van der Waals surface area contributed by atoms with E-state index in [0.717, 1.165) is 24.4 Å². The van der Waals surface area contributed by atoms with Crippen LogP contribution in [0.5, 0.6) is 0 Å². The van der Waals surface area contributed by atoms with Gasteiger partial charge in [0.2, 0.25) is 11.8 Å². The van der Waals surface area contributed by atoms with Gasteiger partial charge >= 0.3 is 0 Å². The zero-order chi connectivity index (χ0) is 16.9. The van der Waals surface area contributed by atoms with Crippen molar-refractivity contribution in [2.45, 2.75) is 18.2 Å². The van der Waals surface area contributed by atoms with Crippen LogP contribution in [0.3, 0.4) is 0 Å². The molecule has 0 aromatic heterocycles. The van der Waals surface area contributed by atoms with Crippen LogP contribution in [0.4, 0.5) is 5.69 Å². The van der Waals surface area contributed by atoms with Crippen LogP contribution in [0, 0.1) is 5.41 Å². The first-order chi connectivity index (χ1) is 10.9. The summed E-state index contributed by atoms with van der Waals surface area (Å²) in [5, 5.41) is 2.92. The van der Waals surface area contributed by atoms with Gasteiger partial charge in [-0.1, -0.05) is 19.1 Å². The number of carbonyl (C=O) groups excluding carboxylic acids is 2. The van der Waals surface area contributed by atoms with Crippen molar-refractivity contribution >= 4 is 29.3 Å². The number of carbonyl (C=O) groups is 2. The number of nitrogens with one attached hydrogen (secondary N) is 1. The molecule has 5 N–H and O–H groups in total. The molecule has 126 valence electrons. The molecule has 6 nitrogen and oxygen atoms in total. The number of amides is 2. The summed E-state index contributed by atoms with van der Waals surface area (Å²) in [4.78, 5) is 26.2. The number of thioether (sulfide) groups is 1. The Bertz CT molecular complexity index is 581. The minimum atomic E-state index is -0.380. The van der Waals surface area contributed by atoms with Crippen LogP contribution in [0.15, 0.2) is 29.2 Å². The molecule has 1 aliphatic heterocycles. The zero-order valence-electron chi connectivity index (χ0n) is 13.4. The third-order valence-electron chi connectivity index (χ3n) is 4.03. The first-order valence-electron chi connectivity index (χ1n) is 7.64. The lowest BCUT2D eigenvalue weighted by molar-refractivity contribution is -0.117. The average molecular weight is 336 g/mol. The molecule has 0 bridgehead atoms. The second-order valence-electron chi connectivity index (χ2n) is 6.27. The highest BCUT2D eigenvalue weighted by molar-refractivity contribution is 8.00. The summed E-state index contributed by atoms with van der Waals surface area (Å²) in [6.45, 7) is 4.87. The molecule has 1 saturated heterocycles. The van der Waals surface area contributed by atoms with Crippen molar-refractivity contribution in [3.63, 3.8) is 0 Å². The minimum Gasteiger partial charge on any atom is -0.369 e. The molecule has 1 aliphatic rings. The van der Waals surface area contributed by atoms with Crippen molar-refractivity contribution in [2.75, 3.05) is 37.2 Å². The number of hydrogen-bond acceptors (Lipinski definition) is 5. The Labute approximate surface area is 141 Å². The maximum absolute atomic E-state index is 12.3. The van der Waals surface area contributed by atoms with Gasteiger partial charge in [0, 0.05) is 11.4 Å². The number of anilines is 1. The van der Waals surface area contributed by atoms with Crippen LogP contribution in [-0.2, 0) is 9.59 Å². The molecule has 0 radical (unpaired) electrons. The molecular weight excluding hydrogens is 312 g/mol. The molecule has 1 atom stereocenters.